The second kappa shape index (κ2) is 5.84. The highest BCUT2D eigenvalue weighted by atomic mass is 32.2. The fraction of sp³-hybridized carbons (Fsp3) is 0.278. The van der Waals surface area contributed by atoms with Gasteiger partial charge < -0.3 is 5.73 Å². The van der Waals surface area contributed by atoms with Gasteiger partial charge in [-0.2, -0.15) is 27.5 Å². The fourth-order valence-corrected chi connectivity index (χ4v) is 4.58. The average molecular weight is 318 g/mol. The van der Waals surface area contributed by atoms with Crippen molar-refractivity contribution >= 4 is 11.8 Å². The van der Waals surface area contributed by atoms with Crippen molar-refractivity contribution in [2.75, 3.05) is 11.5 Å². The Morgan fingerprint density at radius 1 is 1.13 bits per heavy atom. The average Bonchev–Trinajstić information content (AvgIpc) is 2.61. The zero-order valence-electron chi connectivity index (χ0n) is 12.4. The molecule has 23 heavy (non-hydrogen) atoms. The van der Waals surface area contributed by atoms with E-state index < -0.39 is 5.41 Å². The summed E-state index contributed by atoms with van der Waals surface area (Å²) in [5, 5.41) is 29.2. The van der Waals surface area contributed by atoms with E-state index in [0.29, 0.717) is 5.57 Å². The van der Waals surface area contributed by atoms with Crippen LogP contribution >= 0.6 is 11.8 Å². The van der Waals surface area contributed by atoms with Crippen molar-refractivity contribution < 1.29 is 0 Å². The summed E-state index contributed by atoms with van der Waals surface area (Å²) in [6.07, 6.45) is 2.01. The van der Waals surface area contributed by atoms with Crippen LogP contribution in [-0.2, 0) is 0 Å². The van der Waals surface area contributed by atoms with Crippen molar-refractivity contribution in [1.82, 2.24) is 0 Å². The first-order chi connectivity index (χ1) is 11.2. The van der Waals surface area contributed by atoms with Crippen LogP contribution in [0.5, 0.6) is 0 Å². The Morgan fingerprint density at radius 2 is 1.83 bits per heavy atom. The van der Waals surface area contributed by atoms with E-state index in [0.717, 1.165) is 22.6 Å². The summed E-state index contributed by atoms with van der Waals surface area (Å²) in [6.45, 7) is 0. The molecule has 2 atom stereocenters. The van der Waals surface area contributed by atoms with Crippen molar-refractivity contribution in [2.24, 2.45) is 17.1 Å². The van der Waals surface area contributed by atoms with Crippen LogP contribution < -0.4 is 5.73 Å². The molecule has 0 aromatic heterocycles. The van der Waals surface area contributed by atoms with Gasteiger partial charge in [-0.25, -0.2) is 0 Å². The Labute approximate surface area is 139 Å². The molecule has 0 saturated heterocycles. The molecule has 5 heteroatoms. The van der Waals surface area contributed by atoms with Crippen molar-refractivity contribution in [3.8, 4) is 18.2 Å². The topological polar surface area (TPSA) is 97.4 Å². The molecule has 1 aliphatic carbocycles. The summed E-state index contributed by atoms with van der Waals surface area (Å²) < 4.78 is 0. The molecule has 0 unspecified atom stereocenters. The van der Waals surface area contributed by atoms with Gasteiger partial charge in [0.05, 0.1) is 23.4 Å². The van der Waals surface area contributed by atoms with Gasteiger partial charge in [-0.1, -0.05) is 36.4 Å². The standard InChI is InChI=1S/C18H14N4S/c19-8-14-13-6-7-23-9-15(13)16(12-4-2-1-3-5-12)18(10-20,11-21)17(14)22/h1-6,15-16H,7,9,22H2/t15-,16+/m0/s1. The maximum Gasteiger partial charge on any atom is 0.191 e. The highest BCUT2D eigenvalue weighted by Gasteiger charge is 2.53. The van der Waals surface area contributed by atoms with Crippen molar-refractivity contribution in [2.45, 2.75) is 5.92 Å². The quantitative estimate of drug-likeness (QED) is 0.858. The number of nitrogens with two attached hydrogens (primary N) is 1. The van der Waals surface area contributed by atoms with Crippen LogP contribution in [-0.4, -0.2) is 11.5 Å². The van der Waals surface area contributed by atoms with E-state index in [1.165, 1.54) is 0 Å². The first-order valence-electron chi connectivity index (χ1n) is 7.25. The predicted octanol–water partition coefficient (Wildman–Crippen LogP) is 2.84. The molecule has 0 amide bonds. The second-order valence-electron chi connectivity index (χ2n) is 5.62. The molecule has 1 heterocycles. The van der Waals surface area contributed by atoms with Crippen LogP contribution in [0.1, 0.15) is 11.5 Å². The minimum Gasteiger partial charge on any atom is -0.399 e. The summed E-state index contributed by atoms with van der Waals surface area (Å²) in [5.74, 6) is 1.17. The minimum atomic E-state index is -1.51. The van der Waals surface area contributed by atoms with Gasteiger partial charge >= 0.3 is 0 Å². The molecule has 0 fully saturated rings. The van der Waals surface area contributed by atoms with Gasteiger partial charge in [0.1, 0.15) is 6.07 Å². The minimum absolute atomic E-state index is 0.0580. The van der Waals surface area contributed by atoms with Crippen molar-refractivity contribution in [3.05, 3.63) is 58.8 Å². The van der Waals surface area contributed by atoms with E-state index in [1.807, 2.05) is 36.4 Å². The zero-order valence-corrected chi connectivity index (χ0v) is 13.2. The first kappa shape index (κ1) is 15.2. The third kappa shape index (κ3) is 2.12. The molecule has 1 aromatic carbocycles. The van der Waals surface area contributed by atoms with E-state index in [4.69, 9.17) is 5.73 Å². The molecular formula is C18H14N4S. The maximum absolute atomic E-state index is 9.82. The van der Waals surface area contributed by atoms with E-state index in [-0.39, 0.29) is 17.5 Å². The second-order valence-corrected chi connectivity index (χ2v) is 6.70. The van der Waals surface area contributed by atoms with Gasteiger partial charge in [0.2, 0.25) is 0 Å². The van der Waals surface area contributed by atoms with Crippen LogP contribution in [0.3, 0.4) is 0 Å². The van der Waals surface area contributed by atoms with Gasteiger partial charge in [0.15, 0.2) is 5.41 Å². The highest BCUT2D eigenvalue weighted by Crippen LogP contribution is 2.54. The van der Waals surface area contributed by atoms with Crippen LogP contribution in [0.2, 0.25) is 0 Å². The van der Waals surface area contributed by atoms with Gasteiger partial charge in [-0.05, 0) is 11.1 Å². The number of hydrogen-bond donors (Lipinski definition) is 1. The number of fused-ring (bicyclic) bond motifs is 1. The molecule has 3 rings (SSSR count). The lowest BCUT2D eigenvalue weighted by molar-refractivity contribution is 0.368. The molecule has 4 nitrogen and oxygen atoms in total. The van der Waals surface area contributed by atoms with Gasteiger partial charge in [-0.15, -0.1) is 0 Å². The van der Waals surface area contributed by atoms with Crippen LogP contribution in [0.25, 0.3) is 0 Å². The third-order valence-corrected chi connectivity index (χ3v) is 5.59. The third-order valence-electron chi connectivity index (χ3n) is 4.59. The van der Waals surface area contributed by atoms with Crippen LogP contribution in [0.4, 0.5) is 0 Å². The van der Waals surface area contributed by atoms with E-state index in [2.05, 4.69) is 18.2 Å². The Balaban J connectivity index is 2.33. The number of nitriles is 3. The monoisotopic (exact) mass is 318 g/mol. The number of allylic oxidation sites excluding steroid dienone is 3. The molecule has 1 aromatic rings. The lowest BCUT2D eigenvalue weighted by Gasteiger charge is -2.43. The molecule has 2 N–H and O–H groups in total. The van der Waals surface area contributed by atoms with E-state index >= 15 is 0 Å². The Hall–Kier alpha value is -2.68. The molecule has 0 bridgehead atoms. The number of benzene rings is 1. The van der Waals surface area contributed by atoms with Crippen LogP contribution in [0, 0.1) is 45.3 Å². The van der Waals surface area contributed by atoms with Crippen molar-refractivity contribution in [1.29, 1.82) is 15.8 Å². The summed E-state index contributed by atoms with van der Waals surface area (Å²) in [6, 6.07) is 15.9. The Bertz CT molecular complexity index is 803. The summed E-state index contributed by atoms with van der Waals surface area (Å²) in [4.78, 5) is 0. The number of nitrogens with zero attached hydrogens (tertiary/aromatic N) is 3. The molecule has 112 valence electrons. The fourth-order valence-electron chi connectivity index (χ4n) is 3.52. The lowest BCUT2D eigenvalue weighted by Crippen LogP contribution is -2.43. The Morgan fingerprint density at radius 3 is 2.43 bits per heavy atom. The molecule has 0 spiro atoms. The van der Waals surface area contributed by atoms with Crippen LogP contribution in [0.15, 0.2) is 53.3 Å². The molecular weight excluding hydrogens is 304 g/mol. The normalized spacial score (nSPS) is 25.3. The largest absolute Gasteiger partial charge is 0.399 e. The number of hydrogen-bond acceptors (Lipinski definition) is 5. The van der Waals surface area contributed by atoms with Gasteiger partial charge in [0, 0.05) is 23.3 Å². The van der Waals surface area contributed by atoms with Gasteiger partial charge in [0.25, 0.3) is 0 Å². The highest BCUT2D eigenvalue weighted by molar-refractivity contribution is 7.99. The first-order valence-corrected chi connectivity index (χ1v) is 8.41. The van der Waals surface area contributed by atoms with Crippen molar-refractivity contribution in [3.63, 3.8) is 0 Å². The number of rotatable bonds is 1. The smallest absolute Gasteiger partial charge is 0.191 e. The predicted molar refractivity (Wildman–Crippen MR) is 88.6 cm³/mol. The molecule has 0 saturated carbocycles. The molecule has 1 aliphatic heterocycles. The lowest BCUT2D eigenvalue weighted by atomic mass is 9.59. The zero-order chi connectivity index (χ0) is 16.4. The summed E-state index contributed by atoms with van der Waals surface area (Å²) >= 11 is 1.75. The number of thioether (sulfide) groups is 1. The molecule has 0 radical (unpaired) electrons. The summed E-state index contributed by atoms with van der Waals surface area (Å²) in [7, 11) is 0. The van der Waals surface area contributed by atoms with E-state index in [9.17, 15) is 15.8 Å². The molecule has 2 aliphatic rings. The van der Waals surface area contributed by atoms with E-state index in [1.54, 1.807) is 11.8 Å². The maximum atomic E-state index is 9.82. The summed E-state index contributed by atoms with van der Waals surface area (Å²) in [5.41, 5.74) is 6.88. The SMILES string of the molecule is N#CC1=C(N)C(C#N)(C#N)[C@H](c2ccccc2)[C@H]2CSCC=C12. The van der Waals surface area contributed by atoms with Gasteiger partial charge in [-0.3, -0.25) is 0 Å². The Kier molecular flexibility index (Phi) is 3.87.